The minimum Gasteiger partial charge on any atom is -0.457 e. The van der Waals surface area contributed by atoms with Crippen molar-refractivity contribution in [1.29, 1.82) is 0 Å². The molecular formula is C25H23ClN2O3. The van der Waals surface area contributed by atoms with Crippen LogP contribution in [0.25, 0.3) is 17.4 Å². The van der Waals surface area contributed by atoms with Gasteiger partial charge in [0.25, 0.3) is 11.8 Å². The van der Waals surface area contributed by atoms with E-state index in [4.69, 9.17) is 16.0 Å². The molecule has 2 amide bonds. The fraction of sp³-hybridized carbons (Fsp3) is 0.200. The number of amides is 2. The predicted molar refractivity (Wildman–Crippen MR) is 121 cm³/mol. The monoisotopic (exact) mass is 434 g/mol. The van der Waals surface area contributed by atoms with Crippen LogP contribution >= 0.6 is 11.6 Å². The largest absolute Gasteiger partial charge is 0.457 e. The highest BCUT2D eigenvalue weighted by Gasteiger charge is 2.23. The van der Waals surface area contributed by atoms with Gasteiger partial charge in [-0.2, -0.15) is 0 Å². The Morgan fingerprint density at radius 2 is 1.61 bits per heavy atom. The summed E-state index contributed by atoms with van der Waals surface area (Å²) in [5.74, 6) is 0.607. The van der Waals surface area contributed by atoms with Crippen LogP contribution in [0.1, 0.15) is 35.4 Å². The minimum atomic E-state index is -0.332. The Labute approximate surface area is 186 Å². The number of carbonyl (C=O) groups is 2. The Morgan fingerprint density at radius 1 is 0.903 bits per heavy atom. The number of piperidine rings is 1. The lowest BCUT2D eigenvalue weighted by molar-refractivity contribution is -0.128. The number of nitrogens with one attached hydrogen (secondary N) is 1. The van der Waals surface area contributed by atoms with E-state index in [0.717, 1.165) is 24.8 Å². The summed E-state index contributed by atoms with van der Waals surface area (Å²) in [6.45, 7) is 1.37. The zero-order valence-corrected chi connectivity index (χ0v) is 17.8. The molecule has 0 saturated carbocycles. The zero-order chi connectivity index (χ0) is 21.6. The minimum absolute atomic E-state index is 0.201. The van der Waals surface area contributed by atoms with Crippen LogP contribution in [-0.2, 0) is 4.79 Å². The van der Waals surface area contributed by atoms with Gasteiger partial charge in [-0.25, -0.2) is 0 Å². The fourth-order valence-electron chi connectivity index (χ4n) is 3.54. The van der Waals surface area contributed by atoms with Gasteiger partial charge in [-0.05, 0) is 67.8 Å². The van der Waals surface area contributed by atoms with Gasteiger partial charge in [0.1, 0.15) is 17.2 Å². The molecule has 2 heterocycles. The first-order valence-corrected chi connectivity index (χ1v) is 10.7. The molecule has 5 nitrogen and oxygen atoms in total. The summed E-state index contributed by atoms with van der Waals surface area (Å²) in [6, 6.07) is 19.8. The Bertz CT molecular complexity index is 1080. The van der Waals surface area contributed by atoms with Crippen molar-refractivity contribution in [3.8, 4) is 11.3 Å². The lowest BCUT2D eigenvalue weighted by Gasteiger charge is -2.27. The van der Waals surface area contributed by atoms with Gasteiger partial charge in [0.15, 0.2) is 0 Å². The molecule has 0 radical (unpaired) electrons. The Kier molecular flexibility index (Phi) is 6.53. The second-order valence-corrected chi connectivity index (χ2v) is 7.88. The third-order valence-corrected chi connectivity index (χ3v) is 5.45. The van der Waals surface area contributed by atoms with Crippen LogP contribution in [0.15, 0.2) is 76.8 Å². The molecule has 0 spiro atoms. The van der Waals surface area contributed by atoms with E-state index in [-0.39, 0.29) is 17.5 Å². The normalized spacial score (nSPS) is 14.4. The van der Waals surface area contributed by atoms with Gasteiger partial charge in [0, 0.05) is 35.3 Å². The molecule has 0 unspecified atom stereocenters. The number of nitrogens with zero attached hydrogens (tertiary/aromatic N) is 1. The summed E-state index contributed by atoms with van der Waals surface area (Å²) in [5.41, 5.74) is 1.56. The lowest BCUT2D eigenvalue weighted by Crippen LogP contribution is -2.41. The standard InChI is InChI=1S/C25H23ClN2O3/c26-20-11-9-18(10-12-20)23-14-13-21(31-23)17-22(25(30)28-15-5-2-6-16-28)27-24(29)19-7-3-1-4-8-19/h1,3-4,7-14,17H,2,5-6,15-16H2,(H,27,29)/b22-17-. The topological polar surface area (TPSA) is 62.6 Å². The van der Waals surface area contributed by atoms with Crippen LogP contribution in [0.5, 0.6) is 0 Å². The van der Waals surface area contributed by atoms with E-state index in [1.165, 1.54) is 0 Å². The van der Waals surface area contributed by atoms with E-state index in [9.17, 15) is 9.59 Å². The molecule has 2 aromatic carbocycles. The van der Waals surface area contributed by atoms with Gasteiger partial charge >= 0.3 is 0 Å². The van der Waals surface area contributed by atoms with Crippen LogP contribution in [0.4, 0.5) is 0 Å². The summed E-state index contributed by atoms with van der Waals surface area (Å²) >= 11 is 5.96. The summed E-state index contributed by atoms with van der Waals surface area (Å²) < 4.78 is 5.92. The summed E-state index contributed by atoms with van der Waals surface area (Å²) in [7, 11) is 0. The average molecular weight is 435 g/mol. The average Bonchev–Trinajstić information content (AvgIpc) is 3.28. The van der Waals surface area contributed by atoms with Crippen LogP contribution in [0, 0.1) is 0 Å². The quantitative estimate of drug-likeness (QED) is 0.548. The van der Waals surface area contributed by atoms with Crippen molar-refractivity contribution in [3.63, 3.8) is 0 Å². The number of rotatable bonds is 5. The molecule has 31 heavy (non-hydrogen) atoms. The molecule has 1 aliphatic heterocycles. The van der Waals surface area contributed by atoms with Crippen molar-refractivity contribution >= 4 is 29.5 Å². The highest BCUT2D eigenvalue weighted by atomic mass is 35.5. The first-order valence-electron chi connectivity index (χ1n) is 10.3. The van der Waals surface area contributed by atoms with Crippen LogP contribution < -0.4 is 5.32 Å². The molecule has 6 heteroatoms. The number of benzene rings is 2. The second-order valence-electron chi connectivity index (χ2n) is 7.44. The number of halogens is 1. The molecule has 3 aromatic rings. The number of carbonyl (C=O) groups excluding carboxylic acids is 2. The predicted octanol–water partition coefficient (Wildman–Crippen LogP) is 5.38. The molecule has 1 aliphatic rings. The zero-order valence-electron chi connectivity index (χ0n) is 17.0. The first-order chi connectivity index (χ1) is 15.1. The van der Waals surface area contributed by atoms with E-state index >= 15 is 0 Å². The van der Waals surface area contributed by atoms with E-state index in [2.05, 4.69) is 5.32 Å². The summed E-state index contributed by atoms with van der Waals surface area (Å²) in [6.07, 6.45) is 4.64. The molecule has 0 bridgehead atoms. The Balaban J connectivity index is 1.61. The SMILES string of the molecule is O=C(N/C(=C\c1ccc(-c2ccc(Cl)cc2)o1)C(=O)N1CCCCC1)c1ccccc1. The number of furan rings is 1. The highest BCUT2D eigenvalue weighted by molar-refractivity contribution is 6.30. The highest BCUT2D eigenvalue weighted by Crippen LogP contribution is 2.25. The van der Waals surface area contributed by atoms with Crippen molar-refractivity contribution in [2.75, 3.05) is 13.1 Å². The van der Waals surface area contributed by atoms with Crippen molar-refractivity contribution in [2.45, 2.75) is 19.3 Å². The van der Waals surface area contributed by atoms with Gasteiger partial charge in [0.2, 0.25) is 0 Å². The molecular weight excluding hydrogens is 412 g/mol. The van der Waals surface area contributed by atoms with E-state index in [1.54, 1.807) is 53.4 Å². The number of likely N-dealkylation sites (tertiary alicyclic amines) is 1. The van der Waals surface area contributed by atoms with Crippen LogP contribution in [0.3, 0.4) is 0 Å². The molecule has 0 atom stereocenters. The number of hydrogen-bond acceptors (Lipinski definition) is 3. The molecule has 158 valence electrons. The molecule has 1 fully saturated rings. The molecule has 1 aromatic heterocycles. The molecule has 1 N–H and O–H groups in total. The Hall–Kier alpha value is -3.31. The summed E-state index contributed by atoms with van der Waals surface area (Å²) in [5, 5.41) is 3.44. The van der Waals surface area contributed by atoms with Gasteiger partial charge < -0.3 is 14.6 Å². The van der Waals surface area contributed by atoms with Crippen LogP contribution in [0.2, 0.25) is 5.02 Å². The maximum atomic E-state index is 13.2. The molecule has 4 rings (SSSR count). The fourth-order valence-corrected chi connectivity index (χ4v) is 3.67. The Morgan fingerprint density at radius 3 is 2.32 bits per heavy atom. The van der Waals surface area contributed by atoms with Crippen molar-refractivity contribution in [3.05, 3.63) is 88.8 Å². The van der Waals surface area contributed by atoms with Gasteiger partial charge in [-0.3, -0.25) is 9.59 Å². The van der Waals surface area contributed by atoms with E-state index < -0.39 is 0 Å². The number of hydrogen-bond donors (Lipinski definition) is 1. The smallest absolute Gasteiger partial charge is 0.270 e. The van der Waals surface area contributed by atoms with E-state index in [1.807, 2.05) is 24.3 Å². The van der Waals surface area contributed by atoms with Crippen molar-refractivity contribution in [1.82, 2.24) is 10.2 Å². The van der Waals surface area contributed by atoms with Crippen molar-refractivity contribution in [2.24, 2.45) is 0 Å². The molecule has 0 aliphatic carbocycles. The maximum absolute atomic E-state index is 13.2. The summed E-state index contributed by atoms with van der Waals surface area (Å²) in [4.78, 5) is 27.7. The third kappa shape index (κ3) is 5.25. The van der Waals surface area contributed by atoms with Gasteiger partial charge in [-0.15, -0.1) is 0 Å². The third-order valence-electron chi connectivity index (χ3n) is 5.20. The van der Waals surface area contributed by atoms with Gasteiger partial charge in [-0.1, -0.05) is 29.8 Å². The van der Waals surface area contributed by atoms with E-state index in [0.29, 0.717) is 35.2 Å². The molecule has 1 saturated heterocycles. The first kappa shape index (κ1) is 20.9. The lowest BCUT2D eigenvalue weighted by atomic mass is 10.1. The second kappa shape index (κ2) is 9.67. The van der Waals surface area contributed by atoms with Gasteiger partial charge in [0.05, 0.1) is 0 Å². The van der Waals surface area contributed by atoms with Crippen LogP contribution in [-0.4, -0.2) is 29.8 Å². The maximum Gasteiger partial charge on any atom is 0.270 e. The van der Waals surface area contributed by atoms with Crippen molar-refractivity contribution < 1.29 is 14.0 Å².